The Kier molecular flexibility index (Phi) is 3.58. The predicted molar refractivity (Wildman–Crippen MR) is 52.0 cm³/mol. The van der Waals surface area contributed by atoms with E-state index in [0.717, 1.165) is 5.56 Å². The number of isocyanates is 1. The lowest BCUT2D eigenvalue weighted by molar-refractivity contribution is -0.119. The van der Waals surface area contributed by atoms with Crippen LogP contribution in [0.5, 0.6) is 0 Å². The molecular weight excluding hydrogens is 180 g/mol. The molecule has 1 amide bonds. The molecule has 0 atom stereocenters. The Morgan fingerprint density at radius 2 is 2.21 bits per heavy atom. The van der Waals surface area contributed by atoms with Crippen LogP contribution in [-0.2, 0) is 16.0 Å². The summed E-state index contributed by atoms with van der Waals surface area (Å²) in [6.45, 7) is 0. The van der Waals surface area contributed by atoms with Gasteiger partial charge in [0.15, 0.2) is 0 Å². The topological polar surface area (TPSA) is 58.5 Å². The van der Waals surface area contributed by atoms with E-state index >= 15 is 0 Å². The lowest BCUT2D eigenvalue weighted by Crippen LogP contribution is -2.19. The van der Waals surface area contributed by atoms with Crippen molar-refractivity contribution in [1.82, 2.24) is 5.32 Å². The van der Waals surface area contributed by atoms with Crippen molar-refractivity contribution in [2.75, 3.05) is 7.05 Å². The van der Waals surface area contributed by atoms with Crippen molar-refractivity contribution in [2.24, 2.45) is 4.99 Å². The fraction of sp³-hybridized carbons (Fsp3) is 0.200. The van der Waals surface area contributed by atoms with Crippen LogP contribution >= 0.6 is 0 Å². The predicted octanol–water partition coefficient (Wildman–Crippen LogP) is 0.942. The van der Waals surface area contributed by atoms with Gasteiger partial charge in [-0.3, -0.25) is 4.79 Å². The molecule has 0 aromatic heterocycles. The van der Waals surface area contributed by atoms with Crippen LogP contribution < -0.4 is 5.32 Å². The van der Waals surface area contributed by atoms with E-state index in [1.165, 1.54) is 6.08 Å². The summed E-state index contributed by atoms with van der Waals surface area (Å²) in [4.78, 5) is 24.7. The van der Waals surface area contributed by atoms with Crippen molar-refractivity contribution in [2.45, 2.75) is 6.42 Å². The molecular formula is C10H10N2O2. The number of hydrogen-bond acceptors (Lipinski definition) is 3. The van der Waals surface area contributed by atoms with Gasteiger partial charge in [0, 0.05) is 7.05 Å². The molecule has 0 aliphatic heterocycles. The summed E-state index contributed by atoms with van der Waals surface area (Å²) in [5.74, 6) is -0.112. The van der Waals surface area contributed by atoms with E-state index in [0.29, 0.717) is 5.69 Å². The van der Waals surface area contributed by atoms with E-state index in [4.69, 9.17) is 0 Å². The minimum atomic E-state index is -0.112. The summed E-state index contributed by atoms with van der Waals surface area (Å²) >= 11 is 0. The molecule has 1 rings (SSSR count). The van der Waals surface area contributed by atoms with Crippen LogP contribution in [-0.4, -0.2) is 19.0 Å². The van der Waals surface area contributed by atoms with Gasteiger partial charge < -0.3 is 5.32 Å². The highest BCUT2D eigenvalue weighted by Crippen LogP contribution is 2.18. The van der Waals surface area contributed by atoms with Crippen LogP contribution in [0.4, 0.5) is 5.69 Å². The second-order valence-corrected chi connectivity index (χ2v) is 2.68. The fourth-order valence-electron chi connectivity index (χ4n) is 1.08. The van der Waals surface area contributed by atoms with Gasteiger partial charge in [-0.15, -0.1) is 0 Å². The standard InChI is InChI=1S/C10H10N2O2/c1-11-10(14)6-8-4-2-3-5-9(8)12-7-13/h2-5H,6H2,1H3,(H,11,14). The number of para-hydroxylation sites is 1. The van der Waals surface area contributed by atoms with Crippen LogP contribution in [0.25, 0.3) is 0 Å². The SMILES string of the molecule is CNC(=O)Cc1ccccc1N=C=O. The van der Waals surface area contributed by atoms with E-state index in [2.05, 4.69) is 10.3 Å². The zero-order chi connectivity index (χ0) is 10.4. The van der Waals surface area contributed by atoms with Crippen molar-refractivity contribution < 1.29 is 9.59 Å². The number of benzene rings is 1. The van der Waals surface area contributed by atoms with Crippen LogP contribution in [0.3, 0.4) is 0 Å². The van der Waals surface area contributed by atoms with Gasteiger partial charge in [-0.25, -0.2) is 4.79 Å². The van der Waals surface area contributed by atoms with Gasteiger partial charge in [0.05, 0.1) is 12.1 Å². The maximum absolute atomic E-state index is 11.1. The first-order chi connectivity index (χ1) is 6.77. The number of hydrogen-bond donors (Lipinski definition) is 1. The molecule has 1 aromatic rings. The zero-order valence-corrected chi connectivity index (χ0v) is 7.78. The number of aliphatic imine (C=N–C) groups is 1. The maximum atomic E-state index is 11.1. The Labute approximate surface area is 81.7 Å². The van der Waals surface area contributed by atoms with Gasteiger partial charge in [0.1, 0.15) is 0 Å². The van der Waals surface area contributed by atoms with E-state index in [1.54, 1.807) is 31.3 Å². The molecule has 0 radical (unpaired) electrons. The van der Waals surface area contributed by atoms with E-state index < -0.39 is 0 Å². The van der Waals surface area contributed by atoms with Crippen molar-refractivity contribution >= 4 is 17.7 Å². The molecule has 1 N–H and O–H groups in total. The molecule has 0 spiro atoms. The summed E-state index contributed by atoms with van der Waals surface area (Å²) in [5, 5.41) is 2.50. The van der Waals surface area contributed by atoms with Crippen LogP contribution in [0.15, 0.2) is 29.3 Å². The Bertz CT molecular complexity index is 381. The molecule has 0 bridgehead atoms. The molecule has 4 nitrogen and oxygen atoms in total. The second-order valence-electron chi connectivity index (χ2n) is 2.68. The van der Waals surface area contributed by atoms with E-state index in [1.807, 2.05) is 0 Å². The van der Waals surface area contributed by atoms with E-state index in [-0.39, 0.29) is 12.3 Å². The lowest BCUT2D eigenvalue weighted by atomic mass is 10.1. The Hall–Kier alpha value is -1.93. The summed E-state index contributed by atoms with van der Waals surface area (Å²) < 4.78 is 0. The number of amides is 1. The van der Waals surface area contributed by atoms with Crippen molar-refractivity contribution in [1.29, 1.82) is 0 Å². The Morgan fingerprint density at radius 1 is 1.50 bits per heavy atom. The normalized spacial score (nSPS) is 8.93. The molecule has 72 valence electrons. The smallest absolute Gasteiger partial charge is 0.240 e. The molecule has 0 saturated heterocycles. The Balaban J connectivity index is 2.95. The largest absolute Gasteiger partial charge is 0.359 e. The van der Waals surface area contributed by atoms with Crippen molar-refractivity contribution in [3.8, 4) is 0 Å². The minimum absolute atomic E-state index is 0.112. The maximum Gasteiger partial charge on any atom is 0.240 e. The number of carbonyl (C=O) groups excluding carboxylic acids is 2. The number of nitrogens with zero attached hydrogens (tertiary/aromatic N) is 1. The van der Waals surface area contributed by atoms with E-state index in [9.17, 15) is 9.59 Å². The molecule has 0 saturated carbocycles. The molecule has 0 aliphatic carbocycles. The van der Waals surface area contributed by atoms with Gasteiger partial charge in [0.2, 0.25) is 12.0 Å². The third-order valence-corrected chi connectivity index (χ3v) is 1.79. The quantitative estimate of drug-likeness (QED) is 0.569. The average Bonchev–Trinajstić information content (AvgIpc) is 2.21. The van der Waals surface area contributed by atoms with Crippen LogP contribution in [0.1, 0.15) is 5.56 Å². The third-order valence-electron chi connectivity index (χ3n) is 1.79. The average molecular weight is 190 g/mol. The van der Waals surface area contributed by atoms with Crippen LogP contribution in [0, 0.1) is 0 Å². The molecule has 1 aromatic carbocycles. The van der Waals surface area contributed by atoms with Gasteiger partial charge >= 0.3 is 0 Å². The second kappa shape index (κ2) is 4.94. The molecule has 4 heteroatoms. The third kappa shape index (κ3) is 2.54. The van der Waals surface area contributed by atoms with Crippen molar-refractivity contribution in [3.63, 3.8) is 0 Å². The van der Waals surface area contributed by atoms with Crippen LogP contribution in [0.2, 0.25) is 0 Å². The molecule has 0 aliphatic rings. The van der Waals surface area contributed by atoms with Gasteiger partial charge in [0.25, 0.3) is 0 Å². The first-order valence-electron chi connectivity index (χ1n) is 4.14. The summed E-state index contributed by atoms with van der Waals surface area (Å²) in [7, 11) is 1.56. The fourth-order valence-corrected chi connectivity index (χ4v) is 1.08. The molecule has 0 heterocycles. The first kappa shape index (κ1) is 10.2. The lowest BCUT2D eigenvalue weighted by Gasteiger charge is -2.02. The highest BCUT2D eigenvalue weighted by Gasteiger charge is 2.04. The zero-order valence-electron chi connectivity index (χ0n) is 7.78. The van der Waals surface area contributed by atoms with Gasteiger partial charge in [-0.1, -0.05) is 18.2 Å². The summed E-state index contributed by atoms with van der Waals surface area (Å²) in [6, 6.07) is 6.97. The first-order valence-corrected chi connectivity index (χ1v) is 4.14. The number of nitrogens with one attached hydrogen (secondary N) is 1. The monoisotopic (exact) mass is 190 g/mol. The summed E-state index contributed by atoms with van der Waals surface area (Å²) in [6.07, 6.45) is 1.68. The molecule has 0 unspecified atom stereocenters. The van der Waals surface area contributed by atoms with Gasteiger partial charge in [-0.05, 0) is 11.6 Å². The number of carbonyl (C=O) groups is 1. The minimum Gasteiger partial charge on any atom is -0.359 e. The highest BCUT2D eigenvalue weighted by atomic mass is 16.1. The van der Waals surface area contributed by atoms with Gasteiger partial charge in [-0.2, -0.15) is 4.99 Å². The molecule has 0 fully saturated rings. The summed E-state index contributed by atoms with van der Waals surface area (Å²) in [5.41, 5.74) is 1.21. The Morgan fingerprint density at radius 3 is 2.86 bits per heavy atom. The highest BCUT2D eigenvalue weighted by molar-refractivity contribution is 5.80. The molecule has 14 heavy (non-hydrogen) atoms. The number of likely N-dealkylation sites (N-methyl/N-ethyl adjacent to an activating group) is 1. The number of rotatable bonds is 3. The van der Waals surface area contributed by atoms with Crippen molar-refractivity contribution in [3.05, 3.63) is 29.8 Å².